The lowest BCUT2D eigenvalue weighted by Gasteiger charge is -2.01. The van der Waals surface area contributed by atoms with Crippen molar-refractivity contribution in [3.8, 4) is 5.75 Å². The average Bonchev–Trinajstić information content (AvgIpc) is 2.79. The number of methoxy groups -OCH3 is 1. The Balaban J connectivity index is 0.000000677. The monoisotopic (exact) mass is 373 g/mol. The molecule has 0 atom stereocenters. The topological polar surface area (TPSA) is 63.2 Å². The van der Waals surface area contributed by atoms with Gasteiger partial charge in [-0.3, -0.25) is 5.32 Å². The molecule has 0 aliphatic carbocycles. The minimum absolute atomic E-state index is 0.248. The quantitative estimate of drug-likeness (QED) is 0.824. The first-order valence-corrected chi connectivity index (χ1v) is 8.35. The normalized spacial score (nSPS) is 9.76. The second-order valence-electron chi connectivity index (χ2n) is 4.17. The number of hydrogen-bond acceptors (Lipinski definition) is 4. The fourth-order valence-corrected chi connectivity index (χ4v) is 2.81. The molecule has 0 aliphatic heterocycles. The maximum atomic E-state index is 11.4. The molecule has 116 valence electrons. The van der Waals surface area contributed by atoms with E-state index in [0.29, 0.717) is 11.7 Å². The summed E-state index contributed by atoms with van der Waals surface area (Å²) in [6.07, 6.45) is 1.25. The third-order valence-electron chi connectivity index (χ3n) is 2.22. The van der Waals surface area contributed by atoms with Crippen molar-refractivity contribution in [2.24, 2.45) is 0 Å². The van der Waals surface area contributed by atoms with Gasteiger partial charge in [0, 0.05) is 12.6 Å². The van der Waals surface area contributed by atoms with Crippen molar-refractivity contribution in [2.45, 2.75) is 27.2 Å². The molecular weight excluding hydrogens is 354 g/mol. The number of ether oxygens (including phenoxy) is 1. The van der Waals surface area contributed by atoms with Gasteiger partial charge in [0.15, 0.2) is 5.13 Å². The zero-order chi connectivity index (χ0) is 15.8. The molecule has 7 heteroatoms. The maximum Gasteiger partial charge on any atom is 0.321 e. The smallest absolute Gasteiger partial charge is 0.321 e. The number of thiazole rings is 1. The molecule has 0 fully saturated rings. The Morgan fingerprint density at radius 3 is 2.62 bits per heavy atom. The summed E-state index contributed by atoms with van der Waals surface area (Å²) < 4.78 is 7.01. The third-order valence-corrected chi connectivity index (χ3v) is 3.77. The molecule has 0 aliphatic rings. The van der Waals surface area contributed by atoms with Crippen LogP contribution in [0.3, 0.4) is 0 Å². The fourth-order valence-electron chi connectivity index (χ4n) is 1.44. The summed E-state index contributed by atoms with van der Waals surface area (Å²) in [6, 6.07) is 3.51. The Labute approximate surface area is 137 Å². The number of aromatic nitrogens is 1. The molecule has 0 radical (unpaired) electrons. The van der Waals surface area contributed by atoms with E-state index in [1.807, 2.05) is 19.1 Å². The summed E-state index contributed by atoms with van der Waals surface area (Å²) in [5.74, 6) is 0.746. The van der Waals surface area contributed by atoms with E-state index in [-0.39, 0.29) is 6.03 Å². The van der Waals surface area contributed by atoms with E-state index in [0.717, 1.165) is 20.4 Å². The van der Waals surface area contributed by atoms with Gasteiger partial charge in [-0.05, 0) is 28.9 Å². The van der Waals surface area contributed by atoms with Gasteiger partial charge in [0.05, 0.1) is 21.8 Å². The minimum atomic E-state index is -0.248. The van der Waals surface area contributed by atoms with E-state index in [9.17, 15) is 4.79 Å². The van der Waals surface area contributed by atoms with Gasteiger partial charge in [-0.25, -0.2) is 9.78 Å². The van der Waals surface area contributed by atoms with E-state index in [4.69, 9.17) is 4.74 Å². The first-order valence-electron chi connectivity index (χ1n) is 6.74. The van der Waals surface area contributed by atoms with Gasteiger partial charge in [-0.1, -0.05) is 31.6 Å². The number of amides is 2. The van der Waals surface area contributed by atoms with E-state index in [1.165, 1.54) is 17.8 Å². The van der Waals surface area contributed by atoms with Crippen LogP contribution in [-0.2, 0) is 0 Å². The number of halogens is 1. The van der Waals surface area contributed by atoms with Crippen LogP contribution >= 0.6 is 27.3 Å². The SMILES string of the molecule is CCC.CCNC(=O)Nc1nc2cc(Br)c(OC)cc2s1. The predicted molar refractivity (Wildman–Crippen MR) is 92.5 cm³/mol. The molecule has 0 saturated heterocycles. The molecule has 21 heavy (non-hydrogen) atoms. The van der Waals surface area contributed by atoms with Crippen LogP contribution in [0.4, 0.5) is 9.93 Å². The summed E-state index contributed by atoms with van der Waals surface area (Å²) in [4.78, 5) is 15.7. The highest BCUT2D eigenvalue weighted by Gasteiger charge is 2.10. The average molecular weight is 374 g/mol. The van der Waals surface area contributed by atoms with Gasteiger partial charge in [0.25, 0.3) is 0 Å². The van der Waals surface area contributed by atoms with Crippen LogP contribution in [0.15, 0.2) is 16.6 Å². The van der Waals surface area contributed by atoms with Crippen molar-refractivity contribution in [2.75, 3.05) is 19.0 Å². The maximum absolute atomic E-state index is 11.4. The number of benzene rings is 1. The molecule has 0 bridgehead atoms. The van der Waals surface area contributed by atoms with Crippen molar-refractivity contribution in [1.82, 2.24) is 10.3 Å². The largest absolute Gasteiger partial charge is 0.496 e. The number of fused-ring (bicyclic) bond motifs is 1. The van der Waals surface area contributed by atoms with Crippen molar-refractivity contribution < 1.29 is 9.53 Å². The molecule has 2 aromatic rings. The highest BCUT2D eigenvalue weighted by Crippen LogP contribution is 2.34. The molecule has 1 aromatic carbocycles. The van der Waals surface area contributed by atoms with Crippen molar-refractivity contribution in [3.63, 3.8) is 0 Å². The standard InChI is InChI=1S/C11H12BrN3O2S.C3H8/c1-3-13-10(16)15-11-14-7-4-6(12)8(17-2)5-9(7)18-11;1-3-2/h4-5H,3H2,1-2H3,(H2,13,14,15,16);3H2,1-2H3. The lowest BCUT2D eigenvalue weighted by Crippen LogP contribution is -2.28. The Morgan fingerprint density at radius 2 is 2.05 bits per heavy atom. The van der Waals surface area contributed by atoms with Crippen LogP contribution in [-0.4, -0.2) is 24.7 Å². The summed E-state index contributed by atoms with van der Waals surface area (Å²) in [6.45, 7) is 6.69. The Kier molecular flexibility index (Phi) is 7.45. The van der Waals surface area contributed by atoms with E-state index >= 15 is 0 Å². The molecule has 0 unspecified atom stereocenters. The number of carbonyl (C=O) groups excluding carboxylic acids is 1. The molecular formula is C14H20BrN3O2S. The number of hydrogen-bond donors (Lipinski definition) is 2. The predicted octanol–water partition coefficient (Wildman–Crippen LogP) is 4.63. The lowest BCUT2D eigenvalue weighted by molar-refractivity contribution is 0.252. The number of carbonyl (C=O) groups is 1. The Bertz CT molecular complexity index is 601. The van der Waals surface area contributed by atoms with Crippen molar-refractivity contribution in [3.05, 3.63) is 16.6 Å². The van der Waals surface area contributed by atoms with Crippen molar-refractivity contribution in [1.29, 1.82) is 0 Å². The number of nitrogens with zero attached hydrogens (tertiary/aromatic N) is 1. The first kappa shape index (κ1) is 17.7. The first-order chi connectivity index (χ1) is 10.0. The third kappa shape index (κ3) is 5.17. The zero-order valence-corrected chi connectivity index (χ0v) is 15.0. The van der Waals surface area contributed by atoms with Gasteiger partial charge < -0.3 is 10.1 Å². The van der Waals surface area contributed by atoms with Gasteiger partial charge in [0.2, 0.25) is 0 Å². The summed E-state index contributed by atoms with van der Waals surface area (Å²) in [5, 5.41) is 5.91. The highest BCUT2D eigenvalue weighted by atomic mass is 79.9. The highest BCUT2D eigenvalue weighted by molar-refractivity contribution is 9.10. The van der Waals surface area contributed by atoms with E-state index in [2.05, 4.69) is 45.4 Å². The van der Waals surface area contributed by atoms with Crippen molar-refractivity contribution >= 4 is 48.6 Å². The lowest BCUT2D eigenvalue weighted by atomic mass is 10.3. The van der Waals surface area contributed by atoms with Gasteiger partial charge in [-0.2, -0.15) is 0 Å². The fraction of sp³-hybridized carbons (Fsp3) is 0.429. The van der Waals surface area contributed by atoms with Gasteiger partial charge in [-0.15, -0.1) is 0 Å². The molecule has 2 amide bonds. The van der Waals surface area contributed by atoms with Gasteiger partial charge in [0.1, 0.15) is 5.75 Å². The van der Waals surface area contributed by atoms with Crippen LogP contribution in [0.25, 0.3) is 10.2 Å². The van der Waals surface area contributed by atoms with Crippen LogP contribution in [0.2, 0.25) is 0 Å². The van der Waals surface area contributed by atoms with Crippen LogP contribution in [0, 0.1) is 0 Å². The molecule has 2 N–H and O–H groups in total. The molecule has 5 nitrogen and oxygen atoms in total. The molecule has 1 aromatic heterocycles. The minimum Gasteiger partial charge on any atom is -0.496 e. The van der Waals surface area contributed by atoms with Crippen LogP contribution in [0.1, 0.15) is 27.2 Å². The van der Waals surface area contributed by atoms with Crippen LogP contribution in [0.5, 0.6) is 5.75 Å². The number of urea groups is 1. The van der Waals surface area contributed by atoms with Gasteiger partial charge >= 0.3 is 6.03 Å². The second kappa shape index (κ2) is 8.84. The summed E-state index contributed by atoms with van der Waals surface area (Å²) in [7, 11) is 1.61. The van der Waals surface area contributed by atoms with E-state index < -0.39 is 0 Å². The van der Waals surface area contributed by atoms with Crippen LogP contribution < -0.4 is 15.4 Å². The number of anilines is 1. The summed E-state index contributed by atoms with van der Waals surface area (Å²) >= 11 is 4.81. The second-order valence-corrected chi connectivity index (χ2v) is 6.05. The zero-order valence-electron chi connectivity index (χ0n) is 12.6. The Hall–Kier alpha value is -1.34. The van der Waals surface area contributed by atoms with E-state index in [1.54, 1.807) is 7.11 Å². The molecule has 0 spiro atoms. The molecule has 1 heterocycles. The molecule has 0 saturated carbocycles. The number of nitrogens with one attached hydrogen (secondary N) is 2. The molecule has 2 rings (SSSR count). The number of rotatable bonds is 3. The Morgan fingerprint density at radius 1 is 1.38 bits per heavy atom. The summed E-state index contributed by atoms with van der Waals surface area (Å²) in [5.41, 5.74) is 0.819.